The molecule has 60 valence electrons. The Hall–Kier alpha value is -0.0400. The minimum atomic E-state index is -0.00870. The van der Waals surface area contributed by atoms with Gasteiger partial charge in [-0.2, -0.15) is 0 Å². The van der Waals surface area contributed by atoms with Crippen LogP contribution in [0.3, 0.4) is 0 Å². The van der Waals surface area contributed by atoms with E-state index >= 15 is 0 Å². The Bertz CT molecular complexity index is 86.7. The number of rotatable bonds is 5. The fourth-order valence-corrected chi connectivity index (χ4v) is 1.31. The highest BCUT2D eigenvalue weighted by Crippen LogP contribution is 2.34. The van der Waals surface area contributed by atoms with Crippen molar-refractivity contribution in [3.05, 3.63) is 0 Å². The predicted molar refractivity (Wildman–Crippen MR) is 42.9 cm³/mol. The van der Waals surface area contributed by atoms with Crippen LogP contribution in [0.5, 0.6) is 0 Å². The molecule has 0 heterocycles. The first-order chi connectivity index (χ1) is 4.83. The highest BCUT2D eigenvalue weighted by molar-refractivity contribution is 4.74. The Morgan fingerprint density at radius 2 is 2.10 bits per heavy atom. The molecule has 0 aromatic heterocycles. The quantitative estimate of drug-likeness (QED) is 0.624. The van der Waals surface area contributed by atoms with E-state index in [2.05, 4.69) is 6.92 Å². The van der Waals surface area contributed by atoms with Gasteiger partial charge in [-0.25, -0.2) is 0 Å². The smallest absolute Gasteiger partial charge is 0.0540 e. The minimum absolute atomic E-state index is 0.00870. The summed E-state index contributed by atoms with van der Waals surface area (Å²) in [4.78, 5) is 0. The van der Waals surface area contributed by atoms with Crippen molar-refractivity contribution in [3.63, 3.8) is 0 Å². The molecule has 1 aliphatic rings. The van der Waals surface area contributed by atoms with Crippen LogP contribution >= 0.6 is 0 Å². The summed E-state index contributed by atoms with van der Waals surface area (Å²) in [6.07, 6.45) is 7.24. The van der Waals surface area contributed by atoms with E-state index in [1.54, 1.807) is 0 Å². The Kier molecular flexibility index (Phi) is 3.20. The monoisotopic (exact) mass is 142 g/mol. The van der Waals surface area contributed by atoms with Gasteiger partial charge in [0.2, 0.25) is 0 Å². The van der Waals surface area contributed by atoms with E-state index in [-0.39, 0.29) is 6.10 Å². The van der Waals surface area contributed by atoms with Crippen LogP contribution in [0.4, 0.5) is 0 Å². The average Bonchev–Trinajstić information content (AvgIpc) is 2.67. The maximum atomic E-state index is 9.33. The molecule has 1 aliphatic carbocycles. The fourth-order valence-electron chi connectivity index (χ4n) is 1.31. The van der Waals surface area contributed by atoms with E-state index in [0.717, 1.165) is 25.2 Å². The predicted octanol–water partition coefficient (Wildman–Crippen LogP) is 2.34. The zero-order valence-corrected chi connectivity index (χ0v) is 6.84. The second kappa shape index (κ2) is 3.97. The molecule has 0 aromatic carbocycles. The third-order valence-corrected chi connectivity index (χ3v) is 2.23. The molecule has 1 atom stereocenters. The van der Waals surface area contributed by atoms with Gasteiger partial charge in [0.1, 0.15) is 0 Å². The molecular weight excluding hydrogens is 124 g/mol. The molecule has 10 heavy (non-hydrogen) atoms. The Morgan fingerprint density at radius 1 is 1.40 bits per heavy atom. The van der Waals surface area contributed by atoms with Gasteiger partial charge in [0.05, 0.1) is 6.10 Å². The number of hydrogen-bond donors (Lipinski definition) is 1. The Labute approximate surface area is 63.4 Å². The summed E-state index contributed by atoms with van der Waals surface area (Å²) in [5.41, 5.74) is 0. The maximum Gasteiger partial charge on any atom is 0.0540 e. The fraction of sp³-hybridized carbons (Fsp3) is 1.00. The van der Waals surface area contributed by atoms with E-state index < -0.39 is 0 Å². The van der Waals surface area contributed by atoms with Crippen molar-refractivity contribution < 1.29 is 5.11 Å². The molecule has 1 saturated carbocycles. The van der Waals surface area contributed by atoms with Crippen molar-refractivity contribution in [2.75, 3.05) is 0 Å². The van der Waals surface area contributed by atoms with E-state index in [1.165, 1.54) is 19.3 Å². The average molecular weight is 142 g/mol. The summed E-state index contributed by atoms with van der Waals surface area (Å²) < 4.78 is 0. The van der Waals surface area contributed by atoms with Crippen LogP contribution in [0.2, 0.25) is 0 Å². The van der Waals surface area contributed by atoms with Gasteiger partial charge < -0.3 is 5.11 Å². The molecule has 1 nitrogen and oxygen atoms in total. The molecule has 0 radical (unpaired) electrons. The lowest BCUT2D eigenvalue weighted by molar-refractivity contribution is 0.149. The SMILES string of the molecule is CCC[C@@H](O)CCC1CC1. The van der Waals surface area contributed by atoms with Crippen molar-refractivity contribution in [1.29, 1.82) is 0 Å². The maximum absolute atomic E-state index is 9.33. The Morgan fingerprint density at radius 3 is 2.60 bits per heavy atom. The second-order valence-electron chi connectivity index (χ2n) is 3.46. The molecule has 1 N–H and O–H groups in total. The number of hydrogen-bond acceptors (Lipinski definition) is 1. The highest BCUT2D eigenvalue weighted by Gasteiger charge is 2.21. The molecule has 0 amide bonds. The van der Waals surface area contributed by atoms with Gasteiger partial charge in [-0.05, 0) is 25.2 Å². The zero-order chi connectivity index (χ0) is 7.40. The summed E-state index contributed by atoms with van der Waals surface area (Å²) in [5, 5.41) is 9.33. The van der Waals surface area contributed by atoms with Gasteiger partial charge in [-0.1, -0.05) is 26.2 Å². The summed E-state index contributed by atoms with van der Waals surface area (Å²) in [5.74, 6) is 0.978. The molecule has 0 bridgehead atoms. The van der Waals surface area contributed by atoms with Crippen LogP contribution < -0.4 is 0 Å². The Balaban J connectivity index is 1.89. The van der Waals surface area contributed by atoms with Crippen LogP contribution in [0, 0.1) is 5.92 Å². The first-order valence-electron chi connectivity index (χ1n) is 4.51. The van der Waals surface area contributed by atoms with E-state index in [0.29, 0.717) is 0 Å². The first kappa shape index (κ1) is 8.06. The normalized spacial score (nSPS) is 21.0. The van der Waals surface area contributed by atoms with Crippen molar-refractivity contribution in [3.8, 4) is 0 Å². The minimum Gasteiger partial charge on any atom is -0.393 e. The summed E-state index contributed by atoms with van der Waals surface area (Å²) in [7, 11) is 0. The van der Waals surface area contributed by atoms with Crippen molar-refractivity contribution in [1.82, 2.24) is 0 Å². The summed E-state index contributed by atoms with van der Waals surface area (Å²) >= 11 is 0. The summed E-state index contributed by atoms with van der Waals surface area (Å²) in [6.45, 7) is 2.13. The number of aliphatic hydroxyl groups excluding tert-OH is 1. The van der Waals surface area contributed by atoms with Crippen LogP contribution in [-0.4, -0.2) is 11.2 Å². The first-order valence-corrected chi connectivity index (χ1v) is 4.51. The molecule has 1 rings (SSSR count). The van der Waals surface area contributed by atoms with Gasteiger partial charge in [-0.15, -0.1) is 0 Å². The molecule has 0 aliphatic heterocycles. The van der Waals surface area contributed by atoms with Crippen LogP contribution in [0.1, 0.15) is 45.4 Å². The van der Waals surface area contributed by atoms with E-state index in [1.807, 2.05) is 0 Å². The lowest BCUT2D eigenvalue weighted by Crippen LogP contribution is -2.05. The van der Waals surface area contributed by atoms with E-state index in [9.17, 15) is 5.11 Å². The van der Waals surface area contributed by atoms with Gasteiger partial charge in [0.15, 0.2) is 0 Å². The number of aliphatic hydroxyl groups is 1. The van der Waals surface area contributed by atoms with Crippen LogP contribution in [0.15, 0.2) is 0 Å². The van der Waals surface area contributed by atoms with Crippen molar-refractivity contribution in [2.45, 2.75) is 51.6 Å². The molecule has 1 heteroatoms. The lowest BCUT2D eigenvalue weighted by atomic mass is 10.1. The van der Waals surface area contributed by atoms with Crippen LogP contribution in [-0.2, 0) is 0 Å². The standard InChI is InChI=1S/C9H18O/c1-2-3-9(10)7-6-8-4-5-8/h8-10H,2-7H2,1H3/t9-/m1/s1. The van der Waals surface area contributed by atoms with E-state index in [4.69, 9.17) is 0 Å². The van der Waals surface area contributed by atoms with Crippen LogP contribution in [0.25, 0.3) is 0 Å². The molecule has 0 aromatic rings. The van der Waals surface area contributed by atoms with Gasteiger partial charge >= 0.3 is 0 Å². The third-order valence-electron chi connectivity index (χ3n) is 2.23. The summed E-state index contributed by atoms with van der Waals surface area (Å²) in [6, 6.07) is 0. The van der Waals surface area contributed by atoms with Gasteiger partial charge in [0.25, 0.3) is 0 Å². The molecule has 1 fully saturated rings. The second-order valence-corrected chi connectivity index (χ2v) is 3.46. The van der Waals surface area contributed by atoms with Crippen molar-refractivity contribution in [2.24, 2.45) is 5.92 Å². The zero-order valence-electron chi connectivity index (χ0n) is 6.84. The lowest BCUT2D eigenvalue weighted by Gasteiger charge is -2.06. The molecule has 0 saturated heterocycles. The molecule has 0 spiro atoms. The topological polar surface area (TPSA) is 20.2 Å². The third kappa shape index (κ3) is 3.21. The van der Waals surface area contributed by atoms with Gasteiger partial charge in [0, 0.05) is 0 Å². The highest BCUT2D eigenvalue weighted by atomic mass is 16.3. The molecular formula is C9H18O. The van der Waals surface area contributed by atoms with Crippen molar-refractivity contribution >= 4 is 0 Å². The van der Waals surface area contributed by atoms with Gasteiger partial charge in [-0.3, -0.25) is 0 Å². The largest absolute Gasteiger partial charge is 0.393 e. The molecule has 0 unspecified atom stereocenters.